The van der Waals surface area contributed by atoms with Gasteiger partial charge in [-0.25, -0.2) is 4.79 Å². The highest BCUT2D eigenvalue weighted by Crippen LogP contribution is 2.37. The van der Waals surface area contributed by atoms with Crippen LogP contribution in [-0.2, 0) is 25.2 Å². The molecule has 6 aromatic carbocycles. The predicted octanol–water partition coefficient (Wildman–Crippen LogP) is 15.2. The smallest absolute Gasteiger partial charge is 0.417 e. The average Bonchev–Trinajstić information content (AvgIpc) is 3.18. The van der Waals surface area contributed by atoms with Crippen LogP contribution >= 0.6 is 23.2 Å². The number of halogens is 8. The first-order valence-electron chi connectivity index (χ1n) is 17.5. The highest BCUT2D eigenvalue weighted by Gasteiger charge is 2.34. The second-order valence-corrected chi connectivity index (χ2v) is 13.1. The summed E-state index contributed by atoms with van der Waals surface area (Å²) in [6.07, 6.45) is -7.14. The van der Waals surface area contributed by atoms with E-state index in [9.17, 15) is 31.1 Å². The minimum atomic E-state index is -4.61. The van der Waals surface area contributed by atoms with Crippen molar-refractivity contribution in [3.8, 4) is 23.0 Å². The van der Waals surface area contributed by atoms with E-state index in [2.05, 4.69) is 36.6 Å². The van der Waals surface area contributed by atoms with E-state index < -0.39 is 34.5 Å². The Labute approximate surface area is 356 Å². The van der Waals surface area contributed by atoms with Crippen molar-refractivity contribution >= 4 is 52.0 Å². The molecule has 0 aliphatic rings. The van der Waals surface area contributed by atoms with Gasteiger partial charge in [-0.1, -0.05) is 76.2 Å². The van der Waals surface area contributed by atoms with Crippen LogP contribution in [0.3, 0.4) is 0 Å². The number of nitrogens with one attached hydrogen (secondary N) is 2. The summed E-state index contributed by atoms with van der Waals surface area (Å²) in [5.41, 5.74) is 12.5. The lowest BCUT2D eigenvalue weighted by Crippen LogP contribution is -2.19. The van der Waals surface area contributed by atoms with Crippen molar-refractivity contribution in [1.82, 2.24) is 0 Å². The zero-order chi connectivity index (χ0) is 42.5. The van der Waals surface area contributed by atoms with Crippen molar-refractivity contribution < 1.29 is 40.6 Å². The Kier molecular flexibility index (Phi) is 19.1. The van der Waals surface area contributed by atoms with E-state index in [1.54, 1.807) is 24.3 Å². The molecule has 320 valence electrons. The van der Waals surface area contributed by atoms with E-state index in [-0.39, 0.29) is 31.3 Å². The number of ether oxygens (including phenoxy) is 2. The molecule has 0 fully saturated rings. The van der Waals surface area contributed by atoms with Crippen molar-refractivity contribution in [2.24, 2.45) is 0 Å². The molecule has 0 unspecified atom stereocenters. The fourth-order valence-electron chi connectivity index (χ4n) is 4.95. The number of hydrogen-bond acceptors (Lipinski definition) is 5. The minimum absolute atomic E-state index is 0. The summed E-state index contributed by atoms with van der Waals surface area (Å²) in [5, 5.41) is 4.14. The molecule has 0 radical (unpaired) electrons. The van der Waals surface area contributed by atoms with Crippen molar-refractivity contribution in [2.75, 3.05) is 22.1 Å². The second-order valence-electron chi connectivity index (χ2n) is 12.3. The normalized spacial score (nSPS) is 10.6. The first kappa shape index (κ1) is 50.1. The predicted molar refractivity (Wildman–Crippen MR) is 233 cm³/mol. The maximum absolute atomic E-state index is 12.9. The lowest BCUT2D eigenvalue weighted by atomic mass is 10.2. The number of benzene rings is 6. The van der Waals surface area contributed by atoms with E-state index in [1.165, 1.54) is 17.7 Å². The average molecular weight is 876 g/mol. The molecule has 6 rings (SSSR count). The SMILES string of the molecule is C.C.CCc1cccc(Oc2ccc(N)cc2)c1.CCc1cccc(Oc2ccc(NC(=O)Nc3ccc(Cl)c(C(F)(F)F)c3)cc2)c1.Nc1ccc(Cl)c(C(F)(F)F)c1. The maximum Gasteiger partial charge on any atom is 0.417 e. The topological polar surface area (TPSA) is 112 Å². The number of anilines is 4. The van der Waals surface area contributed by atoms with E-state index in [1.807, 2.05) is 60.7 Å². The van der Waals surface area contributed by atoms with Gasteiger partial charge >= 0.3 is 18.4 Å². The first-order chi connectivity index (χ1) is 27.4. The van der Waals surface area contributed by atoms with Gasteiger partial charge in [0.15, 0.2) is 0 Å². The molecule has 0 aromatic heterocycles. The van der Waals surface area contributed by atoms with Crippen molar-refractivity contribution in [1.29, 1.82) is 0 Å². The third-order valence-corrected chi connectivity index (χ3v) is 8.56. The van der Waals surface area contributed by atoms with E-state index in [0.717, 1.165) is 59.9 Å². The molecule has 0 saturated carbocycles. The van der Waals surface area contributed by atoms with Crippen LogP contribution in [-0.4, -0.2) is 6.03 Å². The number of nitrogen functional groups attached to an aromatic ring is 2. The van der Waals surface area contributed by atoms with Gasteiger partial charge in [0.1, 0.15) is 23.0 Å². The van der Waals surface area contributed by atoms with Crippen LogP contribution < -0.4 is 31.6 Å². The zero-order valence-corrected chi connectivity index (χ0v) is 32.5. The Morgan fingerprint density at radius 1 is 0.533 bits per heavy atom. The largest absolute Gasteiger partial charge is 0.457 e. The molecule has 2 amide bonds. The molecule has 7 nitrogen and oxygen atoms in total. The number of aryl methyl sites for hydroxylation is 2. The number of rotatable bonds is 8. The lowest BCUT2D eigenvalue weighted by Gasteiger charge is -2.12. The summed E-state index contributed by atoms with van der Waals surface area (Å²) in [6, 6.07) is 35.6. The van der Waals surface area contributed by atoms with Crippen LogP contribution in [0, 0.1) is 0 Å². The molecule has 6 aromatic rings. The maximum atomic E-state index is 12.9. The highest BCUT2D eigenvalue weighted by molar-refractivity contribution is 6.31. The summed E-state index contributed by atoms with van der Waals surface area (Å²) in [5.74, 6) is 2.96. The fraction of sp³-hybridized carbons (Fsp3) is 0.178. The molecule has 0 bridgehead atoms. The number of alkyl halides is 6. The van der Waals surface area contributed by atoms with Gasteiger partial charge in [-0.05, 0) is 133 Å². The molecule has 0 aliphatic heterocycles. The molecular formula is C45H46Cl2F6N4O3. The highest BCUT2D eigenvalue weighted by atomic mass is 35.5. The number of carbonyl (C=O) groups excluding carboxylic acids is 1. The summed E-state index contributed by atoms with van der Waals surface area (Å²) in [6.45, 7) is 4.18. The van der Waals surface area contributed by atoms with Gasteiger partial charge in [-0.3, -0.25) is 0 Å². The van der Waals surface area contributed by atoms with E-state index in [4.69, 9.17) is 44.1 Å². The van der Waals surface area contributed by atoms with Gasteiger partial charge in [-0.15, -0.1) is 0 Å². The van der Waals surface area contributed by atoms with Crippen molar-refractivity contribution in [3.05, 3.63) is 166 Å². The third-order valence-electron chi connectivity index (χ3n) is 7.90. The van der Waals surface area contributed by atoms with Gasteiger partial charge < -0.3 is 31.6 Å². The number of carbonyl (C=O) groups is 1. The molecule has 15 heteroatoms. The summed E-state index contributed by atoms with van der Waals surface area (Å²) in [4.78, 5) is 12.1. The summed E-state index contributed by atoms with van der Waals surface area (Å²) >= 11 is 10.9. The van der Waals surface area contributed by atoms with Gasteiger partial charge in [0.2, 0.25) is 0 Å². The number of hydrogen-bond donors (Lipinski definition) is 4. The van der Waals surface area contributed by atoms with Gasteiger partial charge in [0, 0.05) is 22.7 Å². The van der Waals surface area contributed by atoms with Crippen LogP contribution in [0.5, 0.6) is 23.0 Å². The van der Waals surface area contributed by atoms with Gasteiger partial charge in [0.05, 0.1) is 21.2 Å². The lowest BCUT2D eigenvalue weighted by molar-refractivity contribution is -0.138. The number of nitrogens with two attached hydrogens (primary N) is 2. The van der Waals surface area contributed by atoms with Crippen LogP contribution in [0.25, 0.3) is 0 Å². The second kappa shape index (κ2) is 22.9. The van der Waals surface area contributed by atoms with E-state index >= 15 is 0 Å². The van der Waals surface area contributed by atoms with Gasteiger partial charge in [-0.2, -0.15) is 26.3 Å². The minimum Gasteiger partial charge on any atom is -0.457 e. The number of amides is 2. The third kappa shape index (κ3) is 16.0. The quantitative estimate of drug-likeness (QED) is 0.0899. The molecule has 60 heavy (non-hydrogen) atoms. The molecule has 0 heterocycles. The summed E-state index contributed by atoms with van der Waals surface area (Å²) in [7, 11) is 0. The van der Waals surface area contributed by atoms with Gasteiger partial charge in [0.25, 0.3) is 0 Å². The Morgan fingerprint density at radius 3 is 1.38 bits per heavy atom. The molecule has 0 saturated heterocycles. The summed E-state index contributed by atoms with van der Waals surface area (Å²) < 4.78 is 86.5. The van der Waals surface area contributed by atoms with Crippen LogP contribution in [0.2, 0.25) is 10.0 Å². The molecule has 6 N–H and O–H groups in total. The standard InChI is InChI=1S/C22H18ClF3N2O2.C14H15NO.C7H5ClF3N.2CH4/c1-2-14-4-3-5-18(12-14)30-17-9-6-15(7-10-17)27-21(29)28-16-8-11-20(23)19(13-16)22(24,25)26;1-2-11-4-3-5-14(10-11)16-13-8-6-12(15)7-9-13;8-6-2-1-4(12)3-5(6)7(9,10)11;;/h3-13H,2H2,1H3,(H2,27,28,29);3-10H,2,15H2,1H3;1-3H,12H2;2*1H4. The molecular weight excluding hydrogens is 829 g/mol. The van der Waals surface area contributed by atoms with Crippen LogP contribution in [0.1, 0.15) is 51.0 Å². The van der Waals surface area contributed by atoms with E-state index in [0.29, 0.717) is 17.2 Å². The number of urea groups is 1. The molecule has 0 aliphatic carbocycles. The fourth-order valence-corrected chi connectivity index (χ4v) is 5.40. The Morgan fingerprint density at radius 2 is 0.933 bits per heavy atom. The Bertz CT molecular complexity index is 2270. The van der Waals surface area contributed by atoms with Crippen molar-refractivity contribution in [2.45, 2.75) is 53.9 Å². The Hall–Kier alpha value is -6.05. The van der Waals surface area contributed by atoms with Crippen LogP contribution in [0.4, 0.5) is 53.9 Å². The van der Waals surface area contributed by atoms with Crippen molar-refractivity contribution in [3.63, 3.8) is 0 Å². The monoisotopic (exact) mass is 874 g/mol. The Balaban J connectivity index is 0.000000346. The first-order valence-corrected chi connectivity index (χ1v) is 18.2. The van der Waals surface area contributed by atoms with Crippen LogP contribution in [0.15, 0.2) is 133 Å². The molecule has 0 atom stereocenters. The molecule has 0 spiro atoms. The zero-order valence-electron chi connectivity index (χ0n) is 31.0.